The van der Waals surface area contributed by atoms with Gasteiger partial charge in [-0.3, -0.25) is 0 Å². The molecule has 1 aromatic rings. The number of aromatic hydroxyl groups is 2. The Hall–Kier alpha value is -1.96. The normalized spacial score (nSPS) is 20.5. The Kier molecular flexibility index (Phi) is 6.30. The van der Waals surface area contributed by atoms with Crippen molar-refractivity contribution in [1.29, 1.82) is 0 Å². The van der Waals surface area contributed by atoms with Gasteiger partial charge in [-0.2, -0.15) is 0 Å². The molecule has 2 rings (SSSR count). The van der Waals surface area contributed by atoms with Crippen LogP contribution >= 0.6 is 0 Å². The third-order valence-electron chi connectivity index (χ3n) is 5.03. The molecule has 0 aromatic heterocycles. The van der Waals surface area contributed by atoms with Crippen molar-refractivity contribution in [3.63, 3.8) is 0 Å². The summed E-state index contributed by atoms with van der Waals surface area (Å²) in [4.78, 5) is 0. The van der Waals surface area contributed by atoms with Gasteiger partial charge in [0, 0.05) is 11.5 Å². The first kappa shape index (κ1) is 18.4. The lowest BCUT2D eigenvalue weighted by Gasteiger charge is -2.31. The molecule has 2 atom stereocenters. The molecule has 0 spiro atoms. The highest BCUT2D eigenvalue weighted by Crippen LogP contribution is 2.46. The zero-order valence-electron chi connectivity index (χ0n) is 15.0. The van der Waals surface area contributed by atoms with Gasteiger partial charge < -0.3 is 10.2 Å². The van der Waals surface area contributed by atoms with Crippen molar-refractivity contribution in [3.8, 4) is 11.5 Å². The Morgan fingerprint density at radius 3 is 2.50 bits per heavy atom. The molecule has 1 aromatic carbocycles. The van der Waals surface area contributed by atoms with Crippen molar-refractivity contribution in [2.75, 3.05) is 0 Å². The van der Waals surface area contributed by atoms with Gasteiger partial charge in [0.1, 0.15) is 11.5 Å². The Balaban J connectivity index is 2.27. The van der Waals surface area contributed by atoms with E-state index in [9.17, 15) is 10.2 Å². The van der Waals surface area contributed by atoms with Crippen LogP contribution in [0, 0.1) is 5.92 Å². The summed E-state index contributed by atoms with van der Waals surface area (Å²) in [5.41, 5.74) is 4.05. The second kappa shape index (κ2) is 8.23. The zero-order valence-corrected chi connectivity index (χ0v) is 15.0. The first-order chi connectivity index (χ1) is 11.4. The molecule has 2 heteroatoms. The molecule has 0 bridgehead atoms. The van der Waals surface area contributed by atoms with Gasteiger partial charge in [-0.1, -0.05) is 29.9 Å². The van der Waals surface area contributed by atoms with Gasteiger partial charge >= 0.3 is 0 Å². The van der Waals surface area contributed by atoms with Crippen molar-refractivity contribution in [3.05, 3.63) is 59.7 Å². The maximum Gasteiger partial charge on any atom is 0.123 e. The monoisotopic (exact) mass is 326 g/mol. The van der Waals surface area contributed by atoms with E-state index in [4.69, 9.17) is 0 Å². The van der Waals surface area contributed by atoms with E-state index in [2.05, 4.69) is 26.2 Å². The average Bonchev–Trinajstić information content (AvgIpc) is 2.51. The lowest BCUT2D eigenvalue weighted by molar-refractivity contribution is 0.406. The van der Waals surface area contributed by atoms with Gasteiger partial charge in [-0.05, 0) is 76.0 Å². The number of allylic oxidation sites excluding steroid dienone is 4. The summed E-state index contributed by atoms with van der Waals surface area (Å²) in [7, 11) is 0. The summed E-state index contributed by atoms with van der Waals surface area (Å²) in [5.74, 6) is 0.682. The SMILES string of the molecule is C=CCCCCc1cc(O)c([C@@H]2C=C(C)CC[C@H]2C(=C)C)c(O)c1. The lowest BCUT2D eigenvalue weighted by atomic mass is 9.73. The van der Waals surface area contributed by atoms with E-state index in [1.165, 1.54) is 5.57 Å². The van der Waals surface area contributed by atoms with Crippen LogP contribution in [0.5, 0.6) is 11.5 Å². The number of phenols is 2. The molecule has 0 aliphatic heterocycles. The molecular weight excluding hydrogens is 296 g/mol. The second-order valence-corrected chi connectivity index (χ2v) is 7.11. The van der Waals surface area contributed by atoms with Gasteiger partial charge in [-0.15, -0.1) is 6.58 Å². The highest BCUT2D eigenvalue weighted by atomic mass is 16.3. The summed E-state index contributed by atoms with van der Waals surface area (Å²) < 4.78 is 0. The lowest BCUT2D eigenvalue weighted by Crippen LogP contribution is -2.17. The quantitative estimate of drug-likeness (QED) is 0.475. The van der Waals surface area contributed by atoms with Gasteiger partial charge in [-0.25, -0.2) is 0 Å². The van der Waals surface area contributed by atoms with Crippen molar-refractivity contribution < 1.29 is 10.2 Å². The highest BCUT2D eigenvalue weighted by Gasteiger charge is 2.30. The summed E-state index contributed by atoms with van der Waals surface area (Å²) >= 11 is 0. The predicted molar refractivity (Wildman–Crippen MR) is 102 cm³/mol. The molecule has 1 aliphatic carbocycles. The molecule has 0 heterocycles. The molecule has 2 N–H and O–H groups in total. The molecule has 0 radical (unpaired) electrons. The molecule has 24 heavy (non-hydrogen) atoms. The fourth-order valence-electron chi connectivity index (χ4n) is 3.69. The van der Waals surface area contributed by atoms with E-state index in [0.29, 0.717) is 5.56 Å². The standard InChI is InChI=1S/C22H30O2/c1-5-6-7-8-9-17-13-20(23)22(21(24)14-17)19-12-16(4)10-11-18(19)15(2)3/h5,12-14,18-19,23-24H,1-2,6-11H2,3-4H3/t18-,19+/m0/s1. The number of hydrogen-bond acceptors (Lipinski definition) is 2. The van der Waals surface area contributed by atoms with Crippen molar-refractivity contribution in [2.45, 2.75) is 58.3 Å². The average molecular weight is 326 g/mol. The third-order valence-corrected chi connectivity index (χ3v) is 5.03. The number of benzene rings is 1. The fourth-order valence-corrected chi connectivity index (χ4v) is 3.69. The molecule has 130 valence electrons. The largest absolute Gasteiger partial charge is 0.507 e. The zero-order chi connectivity index (χ0) is 17.7. The Labute approximate surface area is 146 Å². The van der Waals surface area contributed by atoms with Crippen LogP contribution in [-0.4, -0.2) is 10.2 Å². The topological polar surface area (TPSA) is 40.5 Å². The highest BCUT2D eigenvalue weighted by molar-refractivity contribution is 5.51. The third kappa shape index (κ3) is 4.31. The van der Waals surface area contributed by atoms with Crippen LogP contribution in [0.2, 0.25) is 0 Å². The van der Waals surface area contributed by atoms with E-state index in [0.717, 1.165) is 49.7 Å². The van der Waals surface area contributed by atoms with Crippen LogP contribution in [0.3, 0.4) is 0 Å². The second-order valence-electron chi connectivity index (χ2n) is 7.11. The van der Waals surface area contributed by atoms with E-state index in [1.807, 2.05) is 25.1 Å². The van der Waals surface area contributed by atoms with Crippen LogP contribution in [0.15, 0.2) is 48.6 Å². The minimum atomic E-state index is 0.00562. The maximum absolute atomic E-state index is 10.6. The summed E-state index contributed by atoms with van der Waals surface area (Å²) in [6.45, 7) is 12.0. The molecule has 0 unspecified atom stereocenters. The molecule has 0 amide bonds. The Bertz CT molecular complexity index is 616. The first-order valence-corrected chi connectivity index (χ1v) is 8.92. The molecule has 1 aliphatic rings. The molecule has 0 fully saturated rings. The number of hydrogen-bond donors (Lipinski definition) is 2. The van der Waals surface area contributed by atoms with E-state index >= 15 is 0 Å². The van der Waals surface area contributed by atoms with Crippen LogP contribution in [0.25, 0.3) is 0 Å². The molecule has 0 saturated carbocycles. The van der Waals surface area contributed by atoms with E-state index in [-0.39, 0.29) is 23.3 Å². The van der Waals surface area contributed by atoms with Gasteiger partial charge in [0.2, 0.25) is 0 Å². The molecule has 0 saturated heterocycles. The number of rotatable bonds is 7. The minimum Gasteiger partial charge on any atom is -0.507 e. The first-order valence-electron chi connectivity index (χ1n) is 8.92. The smallest absolute Gasteiger partial charge is 0.123 e. The van der Waals surface area contributed by atoms with Crippen LogP contribution in [0.4, 0.5) is 0 Å². The number of aryl methyl sites for hydroxylation is 1. The Morgan fingerprint density at radius 1 is 1.25 bits per heavy atom. The van der Waals surface area contributed by atoms with Crippen LogP contribution in [-0.2, 0) is 6.42 Å². The summed E-state index contributed by atoms with van der Waals surface area (Å²) in [6, 6.07) is 3.63. The predicted octanol–water partition coefficient (Wildman–Crippen LogP) is 6.01. The molecular formula is C22H30O2. The minimum absolute atomic E-state index is 0.00562. The van der Waals surface area contributed by atoms with Crippen LogP contribution in [0.1, 0.15) is 63.0 Å². The maximum atomic E-state index is 10.6. The Morgan fingerprint density at radius 2 is 1.92 bits per heavy atom. The van der Waals surface area contributed by atoms with Crippen molar-refractivity contribution >= 4 is 0 Å². The summed E-state index contributed by atoms with van der Waals surface area (Å²) in [6.07, 6.45) is 10.1. The summed E-state index contributed by atoms with van der Waals surface area (Å²) in [5, 5.41) is 21.2. The van der Waals surface area contributed by atoms with Crippen LogP contribution < -0.4 is 0 Å². The number of phenolic OH excluding ortho intramolecular Hbond substituents is 2. The van der Waals surface area contributed by atoms with Gasteiger partial charge in [0.15, 0.2) is 0 Å². The fraction of sp³-hybridized carbons (Fsp3) is 0.455. The van der Waals surface area contributed by atoms with Crippen molar-refractivity contribution in [2.24, 2.45) is 5.92 Å². The van der Waals surface area contributed by atoms with Crippen molar-refractivity contribution in [1.82, 2.24) is 0 Å². The molecule has 2 nitrogen and oxygen atoms in total. The van der Waals surface area contributed by atoms with Gasteiger partial charge in [0.05, 0.1) is 0 Å². The van der Waals surface area contributed by atoms with E-state index in [1.54, 1.807) is 0 Å². The van der Waals surface area contributed by atoms with Gasteiger partial charge in [0.25, 0.3) is 0 Å². The number of unbranched alkanes of at least 4 members (excludes halogenated alkanes) is 2. The van der Waals surface area contributed by atoms with E-state index < -0.39 is 0 Å².